The summed E-state index contributed by atoms with van der Waals surface area (Å²) in [6.45, 7) is 3.24. The van der Waals surface area contributed by atoms with Crippen molar-refractivity contribution >= 4 is 11.5 Å². The molecule has 0 radical (unpaired) electrons. The molecule has 1 fully saturated rings. The third kappa shape index (κ3) is 2.25. The summed E-state index contributed by atoms with van der Waals surface area (Å²) in [4.78, 5) is 2.22. The van der Waals surface area contributed by atoms with E-state index in [9.17, 15) is 0 Å². The lowest BCUT2D eigenvalue weighted by atomic mass is 10.1. The molecule has 3 N–H and O–H groups in total. The smallest absolute Gasteiger partial charge is 0.170 e. The number of morpholine rings is 1. The lowest BCUT2D eigenvalue weighted by Crippen LogP contribution is -2.36. The summed E-state index contributed by atoms with van der Waals surface area (Å²) in [5.74, 6) is 0.134. The summed E-state index contributed by atoms with van der Waals surface area (Å²) in [6.07, 6.45) is 0. The van der Waals surface area contributed by atoms with Gasteiger partial charge in [0, 0.05) is 24.3 Å². The number of amidine groups is 1. The van der Waals surface area contributed by atoms with Gasteiger partial charge in [0.05, 0.1) is 13.2 Å². The Morgan fingerprint density at radius 1 is 1.38 bits per heavy atom. The Labute approximate surface area is 94.1 Å². The quantitative estimate of drug-likeness (QED) is 0.332. The van der Waals surface area contributed by atoms with Crippen LogP contribution in [0.3, 0.4) is 0 Å². The fourth-order valence-electron chi connectivity index (χ4n) is 1.74. The summed E-state index contributed by atoms with van der Waals surface area (Å²) < 4.78 is 5.29. The van der Waals surface area contributed by atoms with Gasteiger partial charge in [-0.1, -0.05) is 17.3 Å². The van der Waals surface area contributed by atoms with Gasteiger partial charge in [-0.25, -0.2) is 0 Å². The third-order valence-corrected chi connectivity index (χ3v) is 2.63. The molecule has 1 aliphatic rings. The van der Waals surface area contributed by atoms with Crippen molar-refractivity contribution in [2.24, 2.45) is 10.9 Å². The number of rotatable bonds is 2. The Hall–Kier alpha value is -1.75. The Kier molecular flexibility index (Phi) is 3.26. The predicted octanol–water partition coefficient (Wildman–Crippen LogP) is 0.618. The van der Waals surface area contributed by atoms with Crippen molar-refractivity contribution in [3.63, 3.8) is 0 Å². The van der Waals surface area contributed by atoms with Gasteiger partial charge in [-0.15, -0.1) is 0 Å². The molecule has 0 bridgehead atoms. The van der Waals surface area contributed by atoms with E-state index >= 15 is 0 Å². The van der Waals surface area contributed by atoms with Crippen LogP contribution in [-0.2, 0) is 4.74 Å². The minimum Gasteiger partial charge on any atom is -0.409 e. The minimum absolute atomic E-state index is 0.134. The second-order valence-electron chi connectivity index (χ2n) is 3.63. The van der Waals surface area contributed by atoms with E-state index in [4.69, 9.17) is 15.7 Å². The molecule has 16 heavy (non-hydrogen) atoms. The monoisotopic (exact) mass is 221 g/mol. The van der Waals surface area contributed by atoms with Crippen molar-refractivity contribution in [3.05, 3.63) is 29.8 Å². The van der Waals surface area contributed by atoms with Gasteiger partial charge in [-0.3, -0.25) is 0 Å². The van der Waals surface area contributed by atoms with Gasteiger partial charge >= 0.3 is 0 Å². The summed E-state index contributed by atoms with van der Waals surface area (Å²) in [7, 11) is 0. The summed E-state index contributed by atoms with van der Waals surface area (Å²) in [5, 5.41) is 11.6. The van der Waals surface area contributed by atoms with Crippen LogP contribution in [0, 0.1) is 0 Å². The SMILES string of the molecule is N/C(=N\O)c1cccc(N2CCOCC2)c1. The number of hydrogen-bond donors (Lipinski definition) is 2. The van der Waals surface area contributed by atoms with Crippen molar-refractivity contribution in [1.82, 2.24) is 0 Å². The van der Waals surface area contributed by atoms with Gasteiger partial charge in [0.25, 0.3) is 0 Å². The van der Waals surface area contributed by atoms with E-state index in [2.05, 4.69) is 10.1 Å². The Bertz CT molecular complexity index is 387. The number of nitrogens with two attached hydrogens (primary N) is 1. The van der Waals surface area contributed by atoms with Crippen LogP contribution < -0.4 is 10.6 Å². The number of benzene rings is 1. The zero-order valence-electron chi connectivity index (χ0n) is 8.97. The largest absolute Gasteiger partial charge is 0.409 e. The lowest BCUT2D eigenvalue weighted by Gasteiger charge is -2.29. The fourth-order valence-corrected chi connectivity index (χ4v) is 1.74. The van der Waals surface area contributed by atoms with Gasteiger partial charge in [-0.2, -0.15) is 0 Å². The molecule has 86 valence electrons. The Morgan fingerprint density at radius 3 is 2.81 bits per heavy atom. The van der Waals surface area contributed by atoms with Gasteiger partial charge < -0.3 is 20.6 Å². The molecule has 1 aromatic rings. The third-order valence-electron chi connectivity index (χ3n) is 2.63. The maximum atomic E-state index is 8.62. The van der Waals surface area contributed by atoms with E-state index in [-0.39, 0.29) is 5.84 Å². The Morgan fingerprint density at radius 2 is 2.12 bits per heavy atom. The van der Waals surface area contributed by atoms with E-state index in [0.29, 0.717) is 0 Å². The molecule has 0 unspecified atom stereocenters. The fraction of sp³-hybridized carbons (Fsp3) is 0.364. The Balaban J connectivity index is 2.21. The van der Waals surface area contributed by atoms with E-state index in [1.165, 1.54) is 0 Å². The summed E-state index contributed by atoms with van der Waals surface area (Å²) >= 11 is 0. The molecule has 5 heteroatoms. The van der Waals surface area contributed by atoms with E-state index < -0.39 is 0 Å². The second kappa shape index (κ2) is 4.85. The molecule has 0 atom stereocenters. The van der Waals surface area contributed by atoms with Crippen molar-refractivity contribution in [1.29, 1.82) is 0 Å². The average Bonchev–Trinajstić information content (AvgIpc) is 2.39. The second-order valence-corrected chi connectivity index (χ2v) is 3.63. The number of hydrogen-bond acceptors (Lipinski definition) is 4. The highest BCUT2D eigenvalue weighted by Gasteiger charge is 2.11. The van der Waals surface area contributed by atoms with E-state index in [1.807, 2.05) is 24.3 Å². The maximum absolute atomic E-state index is 8.62. The maximum Gasteiger partial charge on any atom is 0.170 e. The highest BCUT2D eigenvalue weighted by molar-refractivity contribution is 5.97. The molecular formula is C11H15N3O2. The van der Waals surface area contributed by atoms with Crippen LogP contribution in [0.25, 0.3) is 0 Å². The standard InChI is InChI=1S/C11H15N3O2/c12-11(13-15)9-2-1-3-10(8-9)14-4-6-16-7-5-14/h1-3,8,15H,4-7H2,(H2,12,13). The molecule has 0 saturated carbocycles. The van der Waals surface area contributed by atoms with Crippen LogP contribution in [0.15, 0.2) is 29.4 Å². The number of anilines is 1. The first-order valence-electron chi connectivity index (χ1n) is 5.22. The van der Waals surface area contributed by atoms with Crippen LogP contribution in [0.1, 0.15) is 5.56 Å². The highest BCUT2D eigenvalue weighted by Crippen LogP contribution is 2.17. The predicted molar refractivity (Wildman–Crippen MR) is 62.0 cm³/mol. The van der Waals surface area contributed by atoms with Gasteiger partial charge in [0.15, 0.2) is 5.84 Å². The van der Waals surface area contributed by atoms with Gasteiger partial charge in [0.2, 0.25) is 0 Å². The molecule has 0 aliphatic carbocycles. The molecule has 2 rings (SSSR count). The first kappa shape index (κ1) is 10.8. The van der Waals surface area contributed by atoms with Crippen LogP contribution in [0.5, 0.6) is 0 Å². The average molecular weight is 221 g/mol. The lowest BCUT2D eigenvalue weighted by molar-refractivity contribution is 0.122. The van der Waals surface area contributed by atoms with Crippen molar-refractivity contribution < 1.29 is 9.94 Å². The van der Waals surface area contributed by atoms with Crippen molar-refractivity contribution in [3.8, 4) is 0 Å². The zero-order valence-corrected chi connectivity index (χ0v) is 8.97. The van der Waals surface area contributed by atoms with Crippen molar-refractivity contribution in [2.75, 3.05) is 31.2 Å². The number of oxime groups is 1. The zero-order chi connectivity index (χ0) is 11.4. The molecule has 5 nitrogen and oxygen atoms in total. The van der Waals surface area contributed by atoms with E-state index in [1.54, 1.807) is 0 Å². The van der Waals surface area contributed by atoms with Crippen LogP contribution in [-0.4, -0.2) is 37.3 Å². The number of ether oxygens (including phenoxy) is 1. The van der Waals surface area contributed by atoms with E-state index in [0.717, 1.165) is 37.6 Å². The van der Waals surface area contributed by atoms with Crippen molar-refractivity contribution in [2.45, 2.75) is 0 Å². The highest BCUT2D eigenvalue weighted by atomic mass is 16.5. The molecular weight excluding hydrogens is 206 g/mol. The first-order valence-corrected chi connectivity index (χ1v) is 5.22. The van der Waals surface area contributed by atoms with Crippen LogP contribution >= 0.6 is 0 Å². The molecule has 1 saturated heterocycles. The van der Waals surface area contributed by atoms with Crippen LogP contribution in [0.4, 0.5) is 5.69 Å². The molecule has 1 heterocycles. The first-order chi connectivity index (χ1) is 7.81. The minimum atomic E-state index is 0.134. The summed E-state index contributed by atoms with van der Waals surface area (Å²) in [5.41, 5.74) is 7.35. The normalized spacial score (nSPS) is 17.5. The number of nitrogens with zero attached hydrogens (tertiary/aromatic N) is 2. The topological polar surface area (TPSA) is 71.1 Å². The molecule has 1 aliphatic heterocycles. The molecule has 0 amide bonds. The summed E-state index contributed by atoms with van der Waals surface area (Å²) in [6, 6.07) is 7.65. The molecule has 0 spiro atoms. The molecule has 0 aromatic heterocycles. The molecule has 1 aromatic carbocycles. The van der Waals surface area contributed by atoms with Gasteiger partial charge in [-0.05, 0) is 12.1 Å². The van der Waals surface area contributed by atoms with Gasteiger partial charge in [0.1, 0.15) is 0 Å². The van der Waals surface area contributed by atoms with Crippen LogP contribution in [0.2, 0.25) is 0 Å².